The Morgan fingerprint density at radius 3 is 2.14 bits per heavy atom. The van der Waals surface area contributed by atoms with Crippen molar-refractivity contribution in [3.63, 3.8) is 0 Å². The number of hydrogen-bond donors (Lipinski definition) is 0. The van der Waals surface area contributed by atoms with Crippen molar-refractivity contribution in [3.8, 4) is 0 Å². The quantitative estimate of drug-likeness (QED) is 0.631. The summed E-state index contributed by atoms with van der Waals surface area (Å²) in [4.78, 5) is 23.6. The molecular formula is C19H16O3. The summed E-state index contributed by atoms with van der Waals surface area (Å²) in [5, 5.41) is 0. The molecule has 2 aromatic carbocycles. The van der Waals surface area contributed by atoms with Gasteiger partial charge in [-0.3, -0.25) is 4.79 Å². The molecule has 0 saturated carbocycles. The Morgan fingerprint density at radius 2 is 1.64 bits per heavy atom. The van der Waals surface area contributed by atoms with E-state index >= 15 is 0 Å². The largest absolute Gasteiger partial charge is 0.461 e. The number of fused-ring (bicyclic) bond motifs is 1. The third kappa shape index (κ3) is 1.56. The van der Waals surface area contributed by atoms with Crippen molar-refractivity contribution < 1.29 is 14.3 Å². The van der Waals surface area contributed by atoms with E-state index in [0.717, 1.165) is 28.5 Å². The Labute approximate surface area is 128 Å². The lowest BCUT2D eigenvalue weighted by Crippen LogP contribution is -2.49. The van der Waals surface area contributed by atoms with Gasteiger partial charge in [0.05, 0.1) is 5.41 Å². The van der Waals surface area contributed by atoms with Crippen molar-refractivity contribution in [2.45, 2.75) is 30.8 Å². The minimum Gasteiger partial charge on any atom is -0.461 e. The average molecular weight is 292 g/mol. The highest BCUT2D eigenvalue weighted by molar-refractivity contribution is 5.81. The molecule has 0 aromatic heterocycles. The third-order valence-corrected chi connectivity index (χ3v) is 4.97. The van der Waals surface area contributed by atoms with Crippen molar-refractivity contribution in [1.29, 1.82) is 0 Å². The average Bonchev–Trinajstić information content (AvgIpc) is 2.54. The van der Waals surface area contributed by atoms with E-state index in [4.69, 9.17) is 4.74 Å². The van der Waals surface area contributed by atoms with Crippen molar-refractivity contribution >= 4 is 12.3 Å². The van der Waals surface area contributed by atoms with Gasteiger partial charge in [0.15, 0.2) is 0 Å². The van der Waals surface area contributed by atoms with E-state index in [2.05, 4.69) is 0 Å². The number of hydrogen-bond acceptors (Lipinski definition) is 3. The van der Waals surface area contributed by atoms with Gasteiger partial charge in [0.25, 0.3) is 0 Å². The molecule has 0 aliphatic heterocycles. The zero-order chi connectivity index (χ0) is 15.3. The van der Waals surface area contributed by atoms with Crippen LogP contribution in [0, 0.1) is 0 Å². The van der Waals surface area contributed by atoms with Gasteiger partial charge in [0.1, 0.15) is 12.4 Å². The summed E-state index contributed by atoms with van der Waals surface area (Å²) in [6.45, 7) is 1.42. The molecule has 0 fully saturated rings. The number of carbonyl (C=O) groups excluding carboxylic acids is 2. The fraction of sp³-hybridized carbons (Fsp3) is 0.263. The Morgan fingerprint density at radius 1 is 1.09 bits per heavy atom. The number of ether oxygens (including phenoxy) is 1. The van der Waals surface area contributed by atoms with Gasteiger partial charge in [-0.1, -0.05) is 48.5 Å². The van der Waals surface area contributed by atoms with Crippen LogP contribution >= 0.6 is 0 Å². The second-order valence-corrected chi connectivity index (χ2v) is 6.09. The van der Waals surface area contributed by atoms with Gasteiger partial charge in [0.2, 0.25) is 0 Å². The summed E-state index contributed by atoms with van der Waals surface area (Å²) < 4.78 is 5.57. The first-order valence-corrected chi connectivity index (χ1v) is 7.50. The molecule has 0 heterocycles. The summed E-state index contributed by atoms with van der Waals surface area (Å²) in [6.07, 6.45) is 1.26. The molecule has 1 atom stereocenters. The molecular weight excluding hydrogens is 276 g/mol. The van der Waals surface area contributed by atoms with Crippen LogP contribution in [-0.4, -0.2) is 18.4 Å². The highest BCUT2D eigenvalue weighted by Gasteiger charge is 2.53. The summed E-state index contributed by atoms with van der Waals surface area (Å²) in [5.41, 5.74) is 3.60. The molecule has 1 unspecified atom stereocenters. The van der Waals surface area contributed by atoms with E-state index < -0.39 is 5.41 Å². The first kappa shape index (κ1) is 13.3. The number of rotatable bonds is 2. The second kappa shape index (κ2) is 4.54. The molecule has 5 rings (SSSR count). The Kier molecular flexibility index (Phi) is 2.73. The van der Waals surface area contributed by atoms with Crippen LogP contribution in [0.4, 0.5) is 0 Å². The van der Waals surface area contributed by atoms with Gasteiger partial charge in [0, 0.05) is 19.3 Å². The lowest BCUT2D eigenvalue weighted by molar-refractivity contribution is -0.149. The van der Waals surface area contributed by atoms with Gasteiger partial charge in [-0.25, -0.2) is 0 Å². The van der Waals surface area contributed by atoms with Gasteiger partial charge in [-0.15, -0.1) is 0 Å². The number of esters is 1. The van der Waals surface area contributed by atoms with Crippen LogP contribution < -0.4 is 0 Å². The predicted octanol–water partition coefficient (Wildman–Crippen LogP) is 2.95. The van der Waals surface area contributed by atoms with E-state index in [1.807, 2.05) is 48.5 Å². The molecule has 0 amide bonds. The minimum absolute atomic E-state index is 0.0122. The molecule has 0 radical (unpaired) electrons. The Bertz CT molecular complexity index is 730. The van der Waals surface area contributed by atoms with E-state index in [1.54, 1.807) is 0 Å². The molecule has 110 valence electrons. The van der Waals surface area contributed by atoms with Crippen LogP contribution in [0.2, 0.25) is 0 Å². The van der Waals surface area contributed by atoms with Crippen LogP contribution in [0.1, 0.15) is 41.5 Å². The Balaban J connectivity index is 2.02. The van der Waals surface area contributed by atoms with Gasteiger partial charge in [-0.2, -0.15) is 0 Å². The van der Waals surface area contributed by atoms with E-state index in [1.165, 1.54) is 6.92 Å². The van der Waals surface area contributed by atoms with E-state index in [9.17, 15) is 9.59 Å². The normalized spacial score (nSPS) is 27.7. The maximum absolute atomic E-state index is 12.2. The molecule has 3 nitrogen and oxygen atoms in total. The molecule has 3 heteroatoms. The van der Waals surface area contributed by atoms with Crippen molar-refractivity contribution in [3.05, 3.63) is 70.8 Å². The second-order valence-electron chi connectivity index (χ2n) is 6.09. The molecule has 3 aliphatic carbocycles. The highest BCUT2D eigenvalue weighted by Crippen LogP contribution is 2.56. The summed E-state index contributed by atoms with van der Waals surface area (Å²) in [5.74, 6) is -0.285. The van der Waals surface area contributed by atoms with Gasteiger partial charge >= 0.3 is 5.97 Å². The molecule has 2 aromatic rings. The summed E-state index contributed by atoms with van der Waals surface area (Å²) >= 11 is 0. The maximum atomic E-state index is 12.2. The van der Waals surface area contributed by atoms with Crippen LogP contribution in [0.5, 0.6) is 0 Å². The topological polar surface area (TPSA) is 43.4 Å². The summed E-state index contributed by atoms with van der Waals surface area (Å²) in [7, 11) is 0. The number of aldehydes is 1. The smallest absolute Gasteiger partial charge is 0.302 e. The SMILES string of the molecule is CC(=O)OC1CC2(C=O)c3ccccc3C1c1ccccc12. The van der Waals surface area contributed by atoms with Gasteiger partial charge < -0.3 is 9.53 Å². The molecule has 2 bridgehead atoms. The molecule has 0 saturated heterocycles. The highest BCUT2D eigenvalue weighted by atomic mass is 16.5. The van der Waals surface area contributed by atoms with Crippen molar-refractivity contribution in [2.75, 3.05) is 0 Å². The fourth-order valence-electron chi connectivity index (χ4n) is 4.22. The van der Waals surface area contributed by atoms with E-state index in [0.29, 0.717) is 6.42 Å². The van der Waals surface area contributed by atoms with Crippen LogP contribution in [0.3, 0.4) is 0 Å². The van der Waals surface area contributed by atoms with Crippen LogP contribution in [0.25, 0.3) is 0 Å². The summed E-state index contributed by atoms with van der Waals surface area (Å²) in [6, 6.07) is 16.0. The van der Waals surface area contributed by atoms with Gasteiger partial charge in [-0.05, 0) is 22.3 Å². The molecule has 3 aliphatic rings. The maximum Gasteiger partial charge on any atom is 0.302 e. The zero-order valence-corrected chi connectivity index (χ0v) is 12.3. The minimum atomic E-state index is -0.706. The molecule has 0 N–H and O–H groups in total. The standard InChI is InChI=1S/C19H16O3/c1-12(21)22-17-10-19(11-20)15-8-4-2-6-13(15)18(17)14-7-3-5-9-16(14)19/h2-9,11,17-18H,10H2,1H3. The van der Waals surface area contributed by atoms with Crippen LogP contribution in [0.15, 0.2) is 48.5 Å². The lowest BCUT2D eigenvalue weighted by atomic mass is 9.55. The first-order chi connectivity index (χ1) is 10.7. The third-order valence-electron chi connectivity index (χ3n) is 4.97. The number of carbonyl (C=O) groups is 2. The monoisotopic (exact) mass is 292 g/mol. The zero-order valence-electron chi connectivity index (χ0n) is 12.3. The number of benzene rings is 2. The van der Waals surface area contributed by atoms with Crippen molar-refractivity contribution in [2.24, 2.45) is 0 Å². The first-order valence-electron chi connectivity index (χ1n) is 7.50. The predicted molar refractivity (Wildman–Crippen MR) is 81.7 cm³/mol. The Hall–Kier alpha value is -2.42. The fourth-order valence-corrected chi connectivity index (χ4v) is 4.22. The van der Waals surface area contributed by atoms with E-state index in [-0.39, 0.29) is 18.0 Å². The van der Waals surface area contributed by atoms with Crippen LogP contribution in [-0.2, 0) is 19.7 Å². The van der Waals surface area contributed by atoms with Crippen molar-refractivity contribution in [1.82, 2.24) is 0 Å². The lowest BCUT2D eigenvalue weighted by Gasteiger charge is -2.49. The molecule has 0 spiro atoms. The molecule has 22 heavy (non-hydrogen) atoms.